The highest BCUT2D eigenvalue weighted by molar-refractivity contribution is 5.97. The Bertz CT molecular complexity index is 376. The van der Waals surface area contributed by atoms with Crippen LogP contribution in [-0.4, -0.2) is 33.4 Å². The number of aliphatic hydroxyl groups excluding tert-OH is 1. The molecule has 1 rings (SSSR count). The van der Waals surface area contributed by atoms with Gasteiger partial charge in [0.1, 0.15) is 5.69 Å². The summed E-state index contributed by atoms with van der Waals surface area (Å²) in [6, 6.07) is 0.00857. The van der Waals surface area contributed by atoms with Crippen molar-refractivity contribution in [2.24, 2.45) is 0 Å². The van der Waals surface area contributed by atoms with Crippen molar-refractivity contribution in [3.63, 3.8) is 0 Å². The third kappa shape index (κ3) is 3.45. The molecular weight excluding hydrogens is 220 g/mol. The van der Waals surface area contributed by atoms with Gasteiger partial charge < -0.3 is 16.2 Å². The van der Waals surface area contributed by atoms with Crippen LogP contribution in [0.5, 0.6) is 0 Å². The Morgan fingerprint density at radius 3 is 3.00 bits per heavy atom. The first-order valence-corrected chi connectivity index (χ1v) is 5.83. The average molecular weight is 240 g/mol. The van der Waals surface area contributed by atoms with Gasteiger partial charge in [-0.25, -0.2) is 0 Å². The molecule has 0 aliphatic carbocycles. The second kappa shape index (κ2) is 6.24. The zero-order valence-electron chi connectivity index (χ0n) is 10.3. The van der Waals surface area contributed by atoms with Crippen LogP contribution >= 0.6 is 0 Å². The molecule has 1 heterocycles. The van der Waals surface area contributed by atoms with Crippen LogP contribution in [0.15, 0.2) is 6.20 Å². The summed E-state index contributed by atoms with van der Waals surface area (Å²) < 4.78 is 1.57. The van der Waals surface area contributed by atoms with Gasteiger partial charge in [0.05, 0.1) is 11.9 Å². The minimum atomic E-state index is -0.215. The third-order valence-corrected chi connectivity index (χ3v) is 2.56. The highest BCUT2D eigenvalue weighted by Gasteiger charge is 2.17. The molecule has 0 aliphatic rings. The van der Waals surface area contributed by atoms with Gasteiger partial charge in [-0.2, -0.15) is 5.10 Å². The highest BCUT2D eigenvalue weighted by Crippen LogP contribution is 2.11. The molecule has 0 aliphatic heterocycles. The van der Waals surface area contributed by atoms with Crippen LogP contribution in [0, 0.1) is 0 Å². The molecular formula is C11H20N4O2. The van der Waals surface area contributed by atoms with Crippen LogP contribution in [0.1, 0.15) is 37.2 Å². The van der Waals surface area contributed by atoms with E-state index in [0.717, 1.165) is 6.42 Å². The van der Waals surface area contributed by atoms with Gasteiger partial charge in [0.15, 0.2) is 0 Å². The van der Waals surface area contributed by atoms with E-state index in [1.165, 1.54) is 6.20 Å². The van der Waals surface area contributed by atoms with E-state index in [4.69, 9.17) is 10.8 Å². The fourth-order valence-electron chi connectivity index (χ4n) is 1.65. The average Bonchev–Trinajstić information content (AvgIpc) is 2.67. The van der Waals surface area contributed by atoms with Crippen LogP contribution < -0.4 is 11.1 Å². The van der Waals surface area contributed by atoms with Gasteiger partial charge in [-0.3, -0.25) is 9.48 Å². The van der Waals surface area contributed by atoms with Crippen LogP contribution in [-0.2, 0) is 6.54 Å². The minimum Gasteiger partial charge on any atom is -0.396 e. The number of nitrogens with two attached hydrogens (primary N) is 1. The zero-order chi connectivity index (χ0) is 12.8. The number of carbonyl (C=O) groups excluding carboxylic acids is 1. The Balaban J connectivity index is 2.66. The maximum absolute atomic E-state index is 12.0. The molecule has 1 unspecified atom stereocenters. The van der Waals surface area contributed by atoms with Gasteiger partial charge in [-0.05, 0) is 26.7 Å². The first-order valence-electron chi connectivity index (χ1n) is 5.83. The van der Waals surface area contributed by atoms with E-state index in [-0.39, 0.29) is 18.6 Å². The number of nitrogens with zero attached hydrogens (tertiary/aromatic N) is 2. The number of aromatic nitrogens is 2. The van der Waals surface area contributed by atoms with Gasteiger partial charge >= 0.3 is 0 Å². The van der Waals surface area contributed by atoms with E-state index < -0.39 is 0 Å². The molecule has 1 amide bonds. The lowest BCUT2D eigenvalue weighted by Gasteiger charge is -2.14. The zero-order valence-corrected chi connectivity index (χ0v) is 10.3. The van der Waals surface area contributed by atoms with Crippen LogP contribution in [0.25, 0.3) is 0 Å². The Morgan fingerprint density at radius 1 is 1.71 bits per heavy atom. The topological polar surface area (TPSA) is 93.2 Å². The Labute approximate surface area is 101 Å². The van der Waals surface area contributed by atoms with Crippen molar-refractivity contribution in [3.05, 3.63) is 11.9 Å². The van der Waals surface area contributed by atoms with Gasteiger partial charge in [0.25, 0.3) is 5.91 Å². The predicted molar refractivity (Wildman–Crippen MR) is 65.6 cm³/mol. The summed E-state index contributed by atoms with van der Waals surface area (Å²) in [6.07, 6.45) is 2.89. The lowest BCUT2D eigenvalue weighted by atomic mass is 10.2. The van der Waals surface area contributed by atoms with Crippen LogP contribution in [0.4, 0.5) is 5.69 Å². The van der Waals surface area contributed by atoms with Gasteiger partial charge in [-0.15, -0.1) is 0 Å². The Kier molecular flexibility index (Phi) is 4.96. The highest BCUT2D eigenvalue weighted by atomic mass is 16.3. The summed E-state index contributed by atoms with van der Waals surface area (Å²) >= 11 is 0. The van der Waals surface area contributed by atoms with Crippen molar-refractivity contribution in [1.82, 2.24) is 15.1 Å². The molecule has 1 aromatic heterocycles. The van der Waals surface area contributed by atoms with E-state index in [1.54, 1.807) is 4.68 Å². The lowest BCUT2D eigenvalue weighted by Crippen LogP contribution is -2.34. The molecule has 6 heteroatoms. The Morgan fingerprint density at radius 2 is 2.41 bits per heavy atom. The fraction of sp³-hybridized carbons (Fsp3) is 0.636. The Hall–Kier alpha value is -1.56. The van der Waals surface area contributed by atoms with Crippen molar-refractivity contribution in [3.8, 4) is 0 Å². The number of aryl methyl sites for hydroxylation is 1. The molecule has 1 aromatic rings. The maximum Gasteiger partial charge on any atom is 0.271 e. The number of aliphatic hydroxyl groups is 1. The number of hydrogen-bond donors (Lipinski definition) is 3. The molecule has 1 atom stereocenters. The van der Waals surface area contributed by atoms with E-state index in [0.29, 0.717) is 24.3 Å². The van der Waals surface area contributed by atoms with Crippen molar-refractivity contribution in [1.29, 1.82) is 0 Å². The largest absolute Gasteiger partial charge is 0.396 e. The second-order valence-corrected chi connectivity index (χ2v) is 4.00. The molecule has 0 spiro atoms. The number of rotatable bonds is 6. The van der Waals surface area contributed by atoms with E-state index in [2.05, 4.69) is 10.4 Å². The lowest BCUT2D eigenvalue weighted by molar-refractivity contribution is 0.0926. The van der Waals surface area contributed by atoms with Crippen molar-refractivity contribution >= 4 is 11.6 Å². The molecule has 4 N–H and O–H groups in total. The fourth-order valence-corrected chi connectivity index (χ4v) is 1.65. The van der Waals surface area contributed by atoms with Gasteiger partial charge in [0.2, 0.25) is 0 Å². The summed E-state index contributed by atoms with van der Waals surface area (Å²) in [7, 11) is 0. The molecule has 96 valence electrons. The second-order valence-electron chi connectivity index (χ2n) is 4.00. The summed E-state index contributed by atoms with van der Waals surface area (Å²) in [4.78, 5) is 12.0. The van der Waals surface area contributed by atoms with E-state index >= 15 is 0 Å². The molecule has 0 aromatic carbocycles. The first kappa shape index (κ1) is 13.5. The van der Waals surface area contributed by atoms with E-state index in [1.807, 2.05) is 13.8 Å². The molecule has 0 fully saturated rings. The number of hydrogen-bond acceptors (Lipinski definition) is 4. The predicted octanol–water partition coefficient (Wildman–Crippen LogP) is 0.376. The van der Waals surface area contributed by atoms with Crippen molar-refractivity contribution in [2.45, 2.75) is 39.3 Å². The standard InChI is InChI=1S/C11H20N4O2/c1-3-15-10(9(12)7-13-15)11(17)14-8(2)5-4-6-16/h7-8,16H,3-6,12H2,1-2H3,(H,14,17). The number of anilines is 1. The number of amides is 1. The first-order chi connectivity index (χ1) is 8.10. The van der Waals surface area contributed by atoms with Gasteiger partial charge in [0, 0.05) is 19.2 Å². The SMILES string of the molecule is CCn1ncc(N)c1C(=O)NC(C)CCCO. The number of carbonyl (C=O) groups is 1. The van der Waals surface area contributed by atoms with Crippen LogP contribution in [0.3, 0.4) is 0 Å². The summed E-state index contributed by atoms with van der Waals surface area (Å²) in [5, 5.41) is 15.6. The smallest absolute Gasteiger partial charge is 0.271 e. The normalized spacial score (nSPS) is 12.4. The van der Waals surface area contributed by atoms with Crippen molar-refractivity contribution < 1.29 is 9.90 Å². The third-order valence-electron chi connectivity index (χ3n) is 2.56. The molecule has 0 saturated heterocycles. The van der Waals surface area contributed by atoms with Crippen molar-refractivity contribution in [2.75, 3.05) is 12.3 Å². The maximum atomic E-state index is 12.0. The van der Waals surface area contributed by atoms with E-state index in [9.17, 15) is 4.79 Å². The van der Waals surface area contributed by atoms with Crippen LogP contribution in [0.2, 0.25) is 0 Å². The molecule has 0 radical (unpaired) electrons. The molecule has 0 saturated carbocycles. The molecule has 6 nitrogen and oxygen atoms in total. The summed E-state index contributed by atoms with van der Waals surface area (Å²) in [6.45, 7) is 4.54. The summed E-state index contributed by atoms with van der Waals surface area (Å²) in [5.41, 5.74) is 6.50. The molecule has 17 heavy (non-hydrogen) atoms. The number of nitrogen functional groups attached to an aromatic ring is 1. The molecule has 0 bridgehead atoms. The van der Waals surface area contributed by atoms with Gasteiger partial charge in [-0.1, -0.05) is 0 Å². The monoisotopic (exact) mass is 240 g/mol. The summed E-state index contributed by atoms with van der Waals surface area (Å²) in [5.74, 6) is -0.215. The number of nitrogens with one attached hydrogen (secondary N) is 1. The quantitative estimate of drug-likeness (QED) is 0.670. The minimum absolute atomic E-state index is 0.00857.